The SMILES string of the molecule is CCCCn1c(N)c(N(C(=O)CN2C(=O)N[C@@](C)(c3ccccc3)C2=O)C2CCCC2)c(=O)[nH]c1=O. The van der Waals surface area contributed by atoms with Crippen molar-refractivity contribution in [2.24, 2.45) is 0 Å². The van der Waals surface area contributed by atoms with Gasteiger partial charge in [0.2, 0.25) is 5.91 Å². The number of nitrogens with two attached hydrogens (primary N) is 1. The van der Waals surface area contributed by atoms with Crippen LogP contribution in [-0.2, 0) is 21.7 Å². The maximum Gasteiger partial charge on any atom is 0.330 e. The topological polar surface area (TPSA) is 151 Å². The molecular weight excluding hydrogens is 464 g/mol. The van der Waals surface area contributed by atoms with Gasteiger partial charge in [-0.3, -0.25) is 33.7 Å². The quantitative estimate of drug-likeness (QED) is 0.473. The molecule has 4 rings (SSSR count). The van der Waals surface area contributed by atoms with Crippen LogP contribution >= 0.6 is 0 Å². The molecule has 36 heavy (non-hydrogen) atoms. The van der Waals surface area contributed by atoms with Crippen LogP contribution in [0.3, 0.4) is 0 Å². The predicted molar refractivity (Wildman–Crippen MR) is 134 cm³/mol. The molecule has 1 saturated heterocycles. The Hall–Kier alpha value is -3.89. The zero-order valence-electron chi connectivity index (χ0n) is 20.6. The summed E-state index contributed by atoms with van der Waals surface area (Å²) in [6, 6.07) is 7.76. The van der Waals surface area contributed by atoms with Gasteiger partial charge in [0.1, 0.15) is 17.9 Å². The number of H-pyrrole nitrogens is 1. The number of hydrogen-bond acceptors (Lipinski definition) is 6. The van der Waals surface area contributed by atoms with E-state index in [4.69, 9.17) is 5.73 Å². The largest absolute Gasteiger partial charge is 0.383 e. The van der Waals surface area contributed by atoms with Crippen LogP contribution in [0, 0.1) is 0 Å². The summed E-state index contributed by atoms with van der Waals surface area (Å²) in [5.74, 6) is -1.27. The summed E-state index contributed by atoms with van der Waals surface area (Å²) < 4.78 is 1.26. The van der Waals surface area contributed by atoms with Gasteiger partial charge in [0.05, 0.1) is 0 Å². The van der Waals surface area contributed by atoms with Crippen LogP contribution in [0.2, 0.25) is 0 Å². The molecule has 2 aromatic rings. The second-order valence-electron chi connectivity index (χ2n) is 9.51. The van der Waals surface area contributed by atoms with Crippen LogP contribution in [0.5, 0.6) is 0 Å². The monoisotopic (exact) mass is 496 g/mol. The van der Waals surface area contributed by atoms with Gasteiger partial charge in [-0.25, -0.2) is 9.59 Å². The highest BCUT2D eigenvalue weighted by Gasteiger charge is 2.50. The molecule has 0 unspecified atom stereocenters. The number of anilines is 2. The number of carbonyl (C=O) groups excluding carboxylic acids is 3. The molecule has 4 N–H and O–H groups in total. The number of imide groups is 1. The summed E-state index contributed by atoms with van der Waals surface area (Å²) in [4.78, 5) is 69.7. The summed E-state index contributed by atoms with van der Waals surface area (Å²) in [7, 11) is 0. The fourth-order valence-electron chi connectivity index (χ4n) is 5.04. The standard InChI is InChI=1S/C25H32N6O5/c1-3-4-14-29-20(26)19(21(33)27-23(29)35)31(17-12-8-9-13-17)18(32)15-30-22(34)25(2,28-24(30)36)16-10-6-5-7-11-16/h5-7,10-11,17H,3-4,8-9,12-15,26H2,1-2H3,(H,28,36)(H,27,33,35)/t25-/m0/s1. The Morgan fingerprint density at radius 2 is 1.81 bits per heavy atom. The third-order valence-corrected chi connectivity index (χ3v) is 7.07. The Morgan fingerprint density at radius 3 is 2.44 bits per heavy atom. The van der Waals surface area contributed by atoms with Crippen molar-refractivity contribution in [2.75, 3.05) is 17.2 Å². The first-order valence-electron chi connectivity index (χ1n) is 12.3. The Labute approximate surface area is 208 Å². The van der Waals surface area contributed by atoms with Crippen LogP contribution < -0.4 is 27.2 Å². The lowest BCUT2D eigenvalue weighted by atomic mass is 9.92. The van der Waals surface area contributed by atoms with Gasteiger partial charge in [-0.15, -0.1) is 0 Å². The first kappa shape index (κ1) is 25.2. The number of amides is 4. The number of rotatable bonds is 8. The lowest BCUT2D eigenvalue weighted by Gasteiger charge is -2.31. The predicted octanol–water partition coefficient (Wildman–Crippen LogP) is 1.66. The van der Waals surface area contributed by atoms with E-state index in [1.165, 1.54) is 9.47 Å². The van der Waals surface area contributed by atoms with Crippen molar-refractivity contribution in [2.45, 2.75) is 70.5 Å². The number of urea groups is 1. The van der Waals surface area contributed by atoms with Gasteiger partial charge < -0.3 is 11.1 Å². The van der Waals surface area contributed by atoms with E-state index < -0.39 is 41.2 Å². The average molecular weight is 497 g/mol. The first-order chi connectivity index (χ1) is 17.2. The number of nitrogen functional groups attached to an aromatic ring is 1. The molecular formula is C25H32N6O5. The Morgan fingerprint density at radius 1 is 1.14 bits per heavy atom. The zero-order valence-corrected chi connectivity index (χ0v) is 20.6. The van der Waals surface area contributed by atoms with Gasteiger partial charge in [-0.2, -0.15) is 0 Å². The van der Waals surface area contributed by atoms with E-state index in [0.717, 1.165) is 24.2 Å². The molecule has 2 aliphatic rings. The highest BCUT2D eigenvalue weighted by atomic mass is 16.2. The van der Waals surface area contributed by atoms with Crippen LogP contribution in [0.25, 0.3) is 0 Å². The summed E-state index contributed by atoms with van der Waals surface area (Å²) in [6.07, 6.45) is 4.46. The van der Waals surface area contributed by atoms with Crippen molar-refractivity contribution < 1.29 is 14.4 Å². The normalized spacial score (nSPS) is 20.1. The number of carbonyl (C=O) groups is 3. The van der Waals surface area contributed by atoms with Crippen molar-refractivity contribution in [1.82, 2.24) is 19.8 Å². The number of nitrogens with zero attached hydrogens (tertiary/aromatic N) is 3. The minimum atomic E-state index is -1.32. The maximum absolute atomic E-state index is 13.7. The molecule has 1 aromatic heterocycles. The van der Waals surface area contributed by atoms with Crippen LogP contribution in [0.1, 0.15) is 57.9 Å². The molecule has 0 radical (unpaired) electrons. The Kier molecular flexibility index (Phi) is 7.00. The summed E-state index contributed by atoms with van der Waals surface area (Å²) in [5, 5.41) is 2.69. The van der Waals surface area contributed by atoms with Crippen LogP contribution in [0.4, 0.5) is 16.3 Å². The molecule has 1 aliphatic carbocycles. The van der Waals surface area contributed by atoms with Gasteiger partial charge in [0.25, 0.3) is 11.5 Å². The fourth-order valence-corrected chi connectivity index (χ4v) is 5.04. The molecule has 0 bridgehead atoms. The summed E-state index contributed by atoms with van der Waals surface area (Å²) in [6.45, 7) is 3.29. The minimum absolute atomic E-state index is 0.0937. The van der Waals surface area contributed by atoms with Crippen molar-refractivity contribution in [3.8, 4) is 0 Å². The van der Waals surface area contributed by atoms with Crippen molar-refractivity contribution in [1.29, 1.82) is 0 Å². The van der Waals surface area contributed by atoms with Gasteiger partial charge in [0, 0.05) is 12.6 Å². The highest BCUT2D eigenvalue weighted by Crippen LogP contribution is 2.32. The van der Waals surface area contributed by atoms with Crippen molar-refractivity contribution in [3.05, 3.63) is 56.7 Å². The minimum Gasteiger partial charge on any atom is -0.383 e. The average Bonchev–Trinajstić information content (AvgIpc) is 3.45. The van der Waals surface area contributed by atoms with Crippen molar-refractivity contribution >= 4 is 29.4 Å². The van der Waals surface area contributed by atoms with E-state index in [0.29, 0.717) is 31.4 Å². The van der Waals surface area contributed by atoms with Gasteiger partial charge in [0.15, 0.2) is 5.69 Å². The molecule has 2 heterocycles. The lowest BCUT2D eigenvalue weighted by Crippen LogP contribution is -2.50. The Bertz CT molecular complexity index is 1280. The van der Waals surface area contributed by atoms with Gasteiger partial charge in [-0.05, 0) is 31.7 Å². The van der Waals surface area contributed by atoms with E-state index >= 15 is 0 Å². The zero-order chi connectivity index (χ0) is 26.0. The van der Waals surface area contributed by atoms with E-state index in [1.54, 1.807) is 37.3 Å². The first-order valence-corrected chi connectivity index (χ1v) is 12.3. The van der Waals surface area contributed by atoms with Crippen LogP contribution in [0.15, 0.2) is 39.9 Å². The summed E-state index contributed by atoms with van der Waals surface area (Å²) >= 11 is 0. The second-order valence-corrected chi connectivity index (χ2v) is 9.51. The number of benzene rings is 1. The number of hydrogen-bond donors (Lipinski definition) is 3. The molecule has 1 saturated carbocycles. The molecule has 4 amide bonds. The molecule has 0 spiro atoms. The molecule has 11 nitrogen and oxygen atoms in total. The highest BCUT2D eigenvalue weighted by molar-refractivity contribution is 6.10. The number of aromatic nitrogens is 2. The number of nitrogens with one attached hydrogen (secondary N) is 2. The molecule has 11 heteroatoms. The van der Waals surface area contributed by atoms with Gasteiger partial charge >= 0.3 is 11.7 Å². The van der Waals surface area contributed by atoms with Crippen LogP contribution in [-0.4, -0.2) is 44.9 Å². The Balaban J connectivity index is 1.69. The molecule has 1 aromatic carbocycles. The molecule has 1 atom stereocenters. The fraction of sp³-hybridized carbons (Fsp3) is 0.480. The smallest absolute Gasteiger partial charge is 0.330 e. The summed E-state index contributed by atoms with van der Waals surface area (Å²) in [5.41, 5.74) is 4.06. The van der Waals surface area contributed by atoms with Gasteiger partial charge in [-0.1, -0.05) is 56.5 Å². The second kappa shape index (κ2) is 10.00. The maximum atomic E-state index is 13.7. The third kappa shape index (κ3) is 4.40. The van der Waals surface area contributed by atoms with E-state index in [2.05, 4.69) is 10.3 Å². The van der Waals surface area contributed by atoms with E-state index in [9.17, 15) is 24.0 Å². The number of aromatic amines is 1. The third-order valence-electron chi connectivity index (χ3n) is 7.07. The molecule has 2 fully saturated rings. The van der Waals surface area contributed by atoms with E-state index in [1.807, 2.05) is 6.92 Å². The lowest BCUT2D eigenvalue weighted by molar-refractivity contribution is -0.134. The molecule has 1 aliphatic heterocycles. The number of unbranched alkanes of at least 4 members (excludes halogenated alkanes) is 1. The van der Waals surface area contributed by atoms with E-state index in [-0.39, 0.29) is 17.5 Å². The van der Waals surface area contributed by atoms with Crippen molar-refractivity contribution in [3.63, 3.8) is 0 Å². The molecule has 192 valence electrons.